The number of phenolic OH excluding ortho intramolecular Hbond substituents is 3. The molecular formula is C79H96N10O25. The van der Waals surface area contributed by atoms with Crippen molar-refractivity contribution in [3.8, 4) is 34.1 Å². The molecule has 10 amide bonds. The third-order valence-corrected chi connectivity index (χ3v) is 20.4. The Bertz CT molecular complexity index is 4430. The van der Waals surface area contributed by atoms with Gasteiger partial charge in [0.15, 0.2) is 17.9 Å². The monoisotopic (exact) mass is 1580 g/mol. The molecule has 0 aromatic heterocycles. The number of hydrogen-bond acceptors (Lipinski definition) is 25. The molecule has 35 nitrogen and oxygen atoms in total. The van der Waals surface area contributed by atoms with Crippen LogP contribution in [-0.2, 0) is 75.0 Å². The number of nitrogens with two attached hydrogens (primary N) is 1. The number of aliphatic hydroxyl groups is 5. The lowest BCUT2D eigenvalue weighted by Gasteiger charge is -2.43. The molecule has 1 heterocycles. The van der Waals surface area contributed by atoms with E-state index in [1.54, 1.807) is 13.8 Å². The molecule has 612 valence electrons. The second-order valence-electron chi connectivity index (χ2n) is 29.0. The molecule has 0 saturated carbocycles. The largest absolute Gasteiger partial charge is 0.508 e. The molecule has 0 unspecified atom stereocenters. The summed E-state index contributed by atoms with van der Waals surface area (Å²) in [6, 6.07) is 12.5. The van der Waals surface area contributed by atoms with Crippen LogP contribution in [0.2, 0.25) is 0 Å². The lowest BCUT2D eigenvalue weighted by molar-refractivity contribution is -0.249. The van der Waals surface area contributed by atoms with Gasteiger partial charge < -0.3 is 113 Å². The summed E-state index contributed by atoms with van der Waals surface area (Å²) in [5.41, 5.74) is 5.03. The highest BCUT2D eigenvalue weighted by Crippen LogP contribution is 2.53. The van der Waals surface area contributed by atoms with Crippen molar-refractivity contribution in [2.75, 3.05) is 40.1 Å². The van der Waals surface area contributed by atoms with Crippen LogP contribution in [0.4, 0.5) is 4.79 Å². The van der Waals surface area contributed by atoms with Crippen LogP contribution >= 0.6 is 0 Å². The van der Waals surface area contributed by atoms with Gasteiger partial charge in [-0.15, -0.1) is 0 Å². The second kappa shape index (κ2) is 38.4. The maximum atomic E-state index is 14.5. The summed E-state index contributed by atoms with van der Waals surface area (Å²) in [4.78, 5) is 178. The molecule has 9 rings (SSSR count). The number of carbonyl (C=O) groups is 13. The SMILES string of the molecule is COc1cccc2c1C(=O)c1c(O)c3c(c(O)c1C2=O)C[C@@](O)(C(=O)CO)C[C@@H]3O[C@H]1C[C@H](NC(=O)[C@H](CC(C)C)NC(=O)[C@H](CO)NC(=O)[C@H](CCC(N)=O)NC(=O)[C@H](Cc2ccc(O)cc2)NC(=O)[C@H](CO)NC(=O)[C@H](C)NC(=O)[C@H](CCCCNC(=O)OCC2c3ccccc3-c3ccccc32)NC(C)=O)[C@H](O)[C@H](C)O1. The maximum absolute atomic E-state index is 14.5. The lowest BCUT2D eigenvalue weighted by atomic mass is 9.72. The van der Waals surface area contributed by atoms with Crippen LogP contribution in [0.15, 0.2) is 91.0 Å². The van der Waals surface area contributed by atoms with Crippen molar-refractivity contribution >= 4 is 76.6 Å². The van der Waals surface area contributed by atoms with Crippen LogP contribution in [0.25, 0.3) is 11.1 Å². The number of fused-ring (bicyclic) bond motifs is 6. The molecule has 1 fully saturated rings. The van der Waals surface area contributed by atoms with Crippen molar-refractivity contribution in [3.05, 3.63) is 141 Å². The molecule has 0 radical (unpaired) electrons. The standard InChI is InChI=1S/C79H96N10O25/c1-37(2)28-53(74(105)85-52-30-61(113-39(4)66(52)97)114-58-32-79(110,59(95)35-92)31-48-63(58)70(101)65-64(68(48)99)67(98)47-18-13-20-57(111-6)62(47)69(65)100)86-77(108)56(34-91)89-73(104)51(25-26-60(80)96)84-75(106)54(29-41-21-23-42(94)24-22-41)87-76(107)55(33-90)88-71(102)38(3)82-72(103)50(83-40(5)93)19-11-12-27-81-78(109)112-36-49-45-16-9-7-14-43(45)44-15-8-10-17-46(44)49/h7-10,13-18,20-24,37-39,49-56,58,61,66,90-92,94,97,99,101,110H,11-12,19,25-36H2,1-6H3,(H2,80,96)(H,81,109)(H,82,103)(H,83,93)(H,84,106)(H,85,105)(H,86,108)(H,87,107)(H,88,102)(H,89,104)/t38-,39-,50-,51-,52-,53-,54-,55-,56-,58-,61-,66+,79-/m0/s1. The van der Waals surface area contributed by atoms with Gasteiger partial charge in [-0.3, -0.25) is 57.5 Å². The molecular weight excluding hydrogens is 1490 g/mol. The number of hydrogen-bond donors (Lipinski definition) is 18. The van der Waals surface area contributed by atoms with E-state index in [1.165, 1.54) is 70.3 Å². The minimum Gasteiger partial charge on any atom is -0.508 e. The Hall–Kier alpha value is -11.5. The van der Waals surface area contributed by atoms with E-state index in [2.05, 4.69) is 47.9 Å². The summed E-state index contributed by atoms with van der Waals surface area (Å²) in [6.07, 6.45) is -9.52. The van der Waals surface area contributed by atoms with Crippen molar-refractivity contribution in [2.45, 2.75) is 183 Å². The average Bonchev–Trinajstić information content (AvgIpc) is 0.939. The Morgan fingerprint density at radius 2 is 1.19 bits per heavy atom. The molecule has 114 heavy (non-hydrogen) atoms. The van der Waals surface area contributed by atoms with Gasteiger partial charge in [-0.05, 0) is 97.9 Å². The highest BCUT2D eigenvalue weighted by Gasteiger charge is 2.51. The first-order valence-corrected chi connectivity index (χ1v) is 37.2. The summed E-state index contributed by atoms with van der Waals surface area (Å²) in [5, 5.41) is 111. The van der Waals surface area contributed by atoms with Gasteiger partial charge in [0.05, 0.1) is 55.3 Å². The zero-order valence-electron chi connectivity index (χ0n) is 63.4. The van der Waals surface area contributed by atoms with Gasteiger partial charge >= 0.3 is 6.09 Å². The van der Waals surface area contributed by atoms with Crippen molar-refractivity contribution < 1.29 is 122 Å². The van der Waals surface area contributed by atoms with Crippen molar-refractivity contribution in [2.24, 2.45) is 11.7 Å². The number of alkyl carbamates (subject to hydrolysis) is 1. The van der Waals surface area contributed by atoms with Crippen LogP contribution < -0.4 is 58.3 Å². The highest BCUT2D eigenvalue weighted by atomic mass is 16.7. The summed E-state index contributed by atoms with van der Waals surface area (Å²) in [6.45, 7) is 4.00. The molecule has 1 saturated heterocycles. The molecule has 13 atom stereocenters. The molecule has 19 N–H and O–H groups in total. The zero-order valence-corrected chi connectivity index (χ0v) is 63.4. The predicted octanol–water partition coefficient (Wildman–Crippen LogP) is -0.454. The Labute approximate surface area is 654 Å². The van der Waals surface area contributed by atoms with Gasteiger partial charge in [0, 0.05) is 68.2 Å². The van der Waals surface area contributed by atoms with Gasteiger partial charge in [-0.25, -0.2) is 4.79 Å². The number of carbonyl (C=O) groups excluding carboxylic acids is 13. The highest BCUT2D eigenvalue weighted by molar-refractivity contribution is 6.31. The van der Waals surface area contributed by atoms with Crippen LogP contribution in [0.5, 0.6) is 23.0 Å². The van der Waals surface area contributed by atoms with Gasteiger partial charge in [-0.2, -0.15) is 0 Å². The number of unbranched alkanes of at least 4 members (excludes halogenated alkanes) is 1. The number of benzene rings is 5. The number of amides is 10. The average molecular weight is 1590 g/mol. The van der Waals surface area contributed by atoms with Gasteiger partial charge in [0.1, 0.15) is 90.2 Å². The topological polar surface area (TPSA) is 555 Å². The summed E-state index contributed by atoms with van der Waals surface area (Å²) < 4.78 is 23.3. The number of Topliss-reactive ketones (excluding diaryl/α,β-unsaturated/α-hetero) is 1. The summed E-state index contributed by atoms with van der Waals surface area (Å²) in [7, 11) is 1.25. The minimum absolute atomic E-state index is 0.0341. The number of ether oxygens (including phenoxy) is 4. The van der Waals surface area contributed by atoms with Gasteiger partial charge in [-0.1, -0.05) is 86.6 Å². The minimum atomic E-state index is -2.53. The van der Waals surface area contributed by atoms with Gasteiger partial charge in [0.25, 0.3) is 0 Å². The summed E-state index contributed by atoms with van der Waals surface area (Å²) >= 11 is 0. The van der Waals surface area contributed by atoms with Crippen molar-refractivity contribution in [1.82, 2.24) is 47.9 Å². The first kappa shape index (κ1) is 86.5. The second-order valence-corrected chi connectivity index (χ2v) is 29.0. The van der Waals surface area contributed by atoms with Crippen LogP contribution in [0, 0.1) is 5.92 Å². The molecule has 5 aromatic carbocycles. The number of nitrogens with one attached hydrogen (secondary N) is 9. The van der Waals surface area contributed by atoms with E-state index in [-0.39, 0.29) is 71.6 Å². The predicted molar refractivity (Wildman–Crippen MR) is 401 cm³/mol. The van der Waals surface area contributed by atoms with E-state index in [4.69, 9.17) is 24.7 Å². The first-order valence-electron chi connectivity index (χ1n) is 37.2. The summed E-state index contributed by atoms with van der Waals surface area (Å²) in [5.74, 6) is -14.5. The van der Waals surface area contributed by atoms with E-state index in [0.29, 0.717) is 18.4 Å². The number of ketones is 3. The maximum Gasteiger partial charge on any atom is 0.407 e. The molecule has 35 heteroatoms. The van der Waals surface area contributed by atoms with E-state index in [1.807, 2.05) is 48.5 Å². The Balaban J connectivity index is 0.817. The fraction of sp³-hybridized carbons (Fsp3) is 0.456. The van der Waals surface area contributed by atoms with Crippen molar-refractivity contribution in [3.63, 3.8) is 0 Å². The Morgan fingerprint density at radius 3 is 1.80 bits per heavy atom. The number of phenols is 3. The third-order valence-electron chi connectivity index (χ3n) is 20.4. The zero-order chi connectivity index (χ0) is 83.2. The quantitative estimate of drug-likeness (QED) is 0.0175. The Morgan fingerprint density at radius 1 is 0.632 bits per heavy atom. The molecule has 5 aromatic rings. The first-order chi connectivity index (χ1) is 54.2. The van der Waals surface area contributed by atoms with Crippen molar-refractivity contribution in [1.29, 1.82) is 0 Å². The van der Waals surface area contributed by atoms with E-state index < -0.39 is 236 Å². The van der Waals surface area contributed by atoms with Crippen LogP contribution in [0.1, 0.15) is 158 Å². The molecule has 0 bridgehead atoms. The number of aromatic hydroxyl groups is 3. The number of aliphatic hydroxyl groups excluding tert-OH is 4. The van der Waals surface area contributed by atoms with Crippen LogP contribution in [0.3, 0.4) is 0 Å². The fourth-order valence-corrected chi connectivity index (χ4v) is 14.5. The normalized spacial score (nSPS) is 19.8. The molecule has 1 aliphatic heterocycles. The number of rotatable bonds is 36. The van der Waals surface area contributed by atoms with E-state index in [0.717, 1.165) is 22.3 Å². The molecule has 4 aliphatic rings. The Kier molecular flexibility index (Phi) is 29.1. The number of methoxy groups -OCH3 is 1. The third kappa shape index (κ3) is 20.5. The van der Waals surface area contributed by atoms with E-state index in [9.17, 15) is 103 Å². The smallest absolute Gasteiger partial charge is 0.407 e. The van der Waals surface area contributed by atoms with Crippen LogP contribution in [-0.4, -0.2) is 230 Å². The molecule has 0 spiro atoms. The van der Waals surface area contributed by atoms with Gasteiger partial charge in [0.2, 0.25) is 58.9 Å². The lowest BCUT2D eigenvalue weighted by Crippen LogP contribution is -2.62. The number of primary amides is 1. The fourth-order valence-electron chi connectivity index (χ4n) is 14.5. The molecule has 3 aliphatic carbocycles. The van der Waals surface area contributed by atoms with E-state index >= 15 is 0 Å².